The predicted octanol–water partition coefficient (Wildman–Crippen LogP) is 2.90. The summed E-state index contributed by atoms with van der Waals surface area (Å²) >= 11 is 0. The zero-order chi connectivity index (χ0) is 19.6. The molecule has 0 spiro atoms. The molecule has 4 rings (SSSR count). The van der Waals surface area contributed by atoms with E-state index in [9.17, 15) is 13.2 Å². The molecular weight excluding hydrogens is 374 g/mol. The van der Waals surface area contributed by atoms with Crippen LogP contribution in [0.25, 0.3) is 0 Å². The minimum absolute atomic E-state index is 0.00928. The van der Waals surface area contributed by atoms with Crippen molar-refractivity contribution in [2.24, 2.45) is 5.92 Å². The fourth-order valence-electron chi connectivity index (χ4n) is 5.03. The molecule has 1 heterocycles. The molecule has 1 aromatic carbocycles. The van der Waals surface area contributed by atoms with Gasteiger partial charge < -0.3 is 10.6 Å². The number of hydrogen-bond acceptors (Lipinski definition) is 4. The fourth-order valence-corrected chi connectivity index (χ4v) is 6.01. The van der Waals surface area contributed by atoms with Crippen LogP contribution in [-0.2, 0) is 35.7 Å². The Labute approximate surface area is 167 Å². The van der Waals surface area contributed by atoms with Gasteiger partial charge in [-0.3, -0.25) is 0 Å². The molecule has 3 aliphatic rings. The molecule has 2 amide bonds. The number of urea groups is 1. The third-order valence-corrected chi connectivity index (χ3v) is 7.77. The summed E-state index contributed by atoms with van der Waals surface area (Å²) in [7, 11) is -3.61. The number of nitrogens with one attached hydrogen (secondary N) is 3. The summed E-state index contributed by atoms with van der Waals surface area (Å²) in [6, 6.07) is 1.68. The van der Waals surface area contributed by atoms with Crippen molar-refractivity contribution >= 4 is 21.7 Å². The number of carbonyl (C=O) groups excluding carboxylic acids is 1. The first kappa shape index (κ1) is 19.7. The summed E-state index contributed by atoms with van der Waals surface area (Å²) in [5.74, 6) is 0.606. The molecule has 0 saturated carbocycles. The van der Waals surface area contributed by atoms with Gasteiger partial charge in [-0.1, -0.05) is 6.07 Å². The Kier molecular flexibility index (Phi) is 5.92. The Morgan fingerprint density at radius 1 is 1.04 bits per heavy atom. The summed E-state index contributed by atoms with van der Waals surface area (Å²) < 4.78 is 26.9. The lowest BCUT2D eigenvalue weighted by molar-refractivity contribution is 0.256. The first-order chi connectivity index (χ1) is 13.5. The van der Waals surface area contributed by atoms with Crippen LogP contribution in [0.4, 0.5) is 10.5 Å². The van der Waals surface area contributed by atoms with Crippen LogP contribution in [0.5, 0.6) is 0 Å². The molecule has 1 aromatic rings. The van der Waals surface area contributed by atoms with Crippen molar-refractivity contribution in [2.45, 2.75) is 64.2 Å². The molecule has 0 radical (unpaired) electrons. The summed E-state index contributed by atoms with van der Waals surface area (Å²) in [5, 5.41) is 6.22. The number of sulfonamides is 1. The molecule has 1 saturated heterocycles. The van der Waals surface area contributed by atoms with Gasteiger partial charge in [0.2, 0.25) is 10.0 Å². The highest BCUT2D eigenvalue weighted by Gasteiger charge is 2.26. The topological polar surface area (TPSA) is 87.3 Å². The van der Waals surface area contributed by atoms with Crippen LogP contribution in [0.15, 0.2) is 6.07 Å². The van der Waals surface area contributed by atoms with Crippen LogP contribution in [0, 0.1) is 5.92 Å². The molecule has 154 valence electrons. The van der Waals surface area contributed by atoms with Gasteiger partial charge in [0, 0.05) is 5.69 Å². The van der Waals surface area contributed by atoms with Gasteiger partial charge in [0.1, 0.15) is 0 Å². The third kappa shape index (κ3) is 4.51. The number of fused-ring (bicyclic) bond motifs is 2. The first-order valence-electron chi connectivity index (χ1n) is 10.7. The molecular formula is C21H31N3O3S. The van der Waals surface area contributed by atoms with Gasteiger partial charge in [0.25, 0.3) is 0 Å². The van der Waals surface area contributed by atoms with Gasteiger partial charge in [0.05, 0.1) is 5.75 Å². The van der Waals surface area contributed by atoms with Gasteiger partial charge in [-0.05, 0) is 105 Å². The zero-order valence-corrected chi connectivity index (χ0v) is 17.3. The second-order valence-corrected chi connectivity index (χ2v) is 10.3. The quantitative estimate of drug-likeness (QED) is 0.679. The van der Waals surface area contributed by atoms with E-state index in [1.807, 2.05) is 0 Å². The predicted molar refractivity (Wildman–Crippen MR) is 111 cm³/mol. The molecule has 6 nitrogen and oxygen atoms in total. The van der Waals surface area contributed by atoms with E-state index in [1.165, 1.54) is 22.3 Å². The second kappa shape index (κ2) is 8.41. The molecule has 0 aromatic heterocycles. The van der Waals surface area contributed by atoms with Crippen molar-refractivity contribution in [3.05, 3.63) is 28.3 Å². The average molecular weight is 406 g/mol. The van der Waals surface area contributed by atoms with E-state index in [0.717, 1.165) is 76.6 Å². The molecule has 28 heavy (non-hydrogen) atoms. The Hall–Kier alpha value is -1.60. The number of aryl methyl sites for hydroxylation is 2. The van der Waals surface area contributed by atoms with E-state index in [1.54, 1.807) is 0 Å². The van der Waals surface area contributed by atoms with Crippen LogP contribution in [0.2, 0.25) is 0 Å². The number of hydrogen-bond donors (Lipinski definition) is 3. The molecule has 3 N–H and O–H groups in total. The highest BCUT2D eigenvalue weighted by Crippen LogP contribution is 2.38. The van der Waals surface area contributed by atoms with Crippen LogP contribution < -0.4 is 15.4 Å². The van der Waals surface area contributed by atoms with Crippen molar-refractivity contribution in [3.63, 3.8) is 0 Å². The van der Waals surface area contributed by atoms with E-state index in [-0.39, 0.29) is 5.75 Å². The summed E-state index contributed by atoms with van der Waals surface area (Å²) in [4.78, 5) is 12.5. The molecule has 1 aliphatic heterocycles. The standard InChI is InChI=1S/C21H31N3O3S/c25-21(24-28(26,27)13-3-4-15-9-11-22-12-10-15)23-20-18-7-1-5-16(18)14-17-6-2-8-19(17)20/h14-15,22H,1-13H2,(H2,23,24,25). The Bertz CT molecular complexity index is 813. The molecule has 0 unspecified atom stereocenters. The molecule has 7 heteroatoms. The SMILES string of the molecule is O=C(Nc1c2c(cc3c1CCC3)CCC2)NS(=O)(=O)CCCC1CCNCC1. The Morgan fingerprint density at radius 2 is 1.68 bits per heavy atom. The average Bonchev–Trinajstić information content (AvgIpc) is 3.31. The van der Waals surface area contributed by atoms with E-state index in [4.69, 9.17) is 0 Å². The van der Waals surface area contributed by atoms with Crippen molar-refractivity contribution in [3.8, 4) is 0 Å². The van der Waals surface area contributed by atoms with Gasteiger partial charge >= 0.3 is 6.03 Å². The first-order valence-corrected chi connectivity index (χ1v) is 12.4. The van der Waals surface area contributed by atoms with Gasteiger partial charge in [-0.15, -0.1) is 0 Å². The van der Waals surface area contributed by atoms with E-state index >= 15 is 0 Å². The summed E-state index contributed by atoms with van der Waals surface area (Å²) in [6.45, 7) is 2.04. The van der Waals surface area contributed by atoms with E-state index < -0.39 is 16.1 Å². The Morgan fingerprint density at radius 3 is 2.32 bits per heavy atom. The van der Waals surface area contributed by atoms with Crippen LogP contribution in [-0.4, -0.2) is 33.3 Å². The van der Waals surface area contributed by atoms with Gasteiger partial charge in [-0.2, -0.15) is 0 Å². The van der Waals surface area contributed by atoms with Gasteiger partial charge in [-0.25, -0.2) is 17.9 Å². The second-order valence-electron chi connectivity index (χ2n) is 8.44. The van der Waals surface area contributed by atoms with Crippen molar-refractivity contribution < 1.29 is 13.2 Å². The maximum atomic E-state index is 12.5. The van der Waals surface area contributed by atoms with E-state index in [2.05, 4.69) is 21.4 Å². The lowest BCUT2D eigenvalue weighted by atomic mass is 9.94. The largest absolute Gasteiger partial charge is 0.332 e. The molecule has 1 fully saturated rings. The van der Waals surface area contributed by atoms with Crippen molar-refractivity contribution in [2.75, 3.05) is 24.2 Å². The summed E-state index contributed by atoms with van der Waals surface area (Å²) in [6.07, 6.45) is 9.95. The van der Waals surface area contributed by atoms with Crippen LogP contribution in [0.3, 0.4) is 0 Å². The summed E-state index contributed by atoms with van der Waals surface area (Å²) in [5.41, 5.74) is 5.93. The van der Waals surface area contributed by atoms with Gasteiger partial charge in [0.15, 0.2) is 0 Å². The zero-order valence-electron chi connectivity index (χ0n) is 16.5. The number of benzene rings is 1. The van der Waals surface area contributed by atoms with E-state index in [0.29, 0.717) is 12.3 Å². The maximum Gasteiger partial charge on any atom is 0.332 e. The normalized spacial score (nSPS) is 19.3. The smallest absolute Gasteiger partial charge is 0.317 e. The molecule has 0 atom stereocenters. The molecule has 0 bridgehead atoms. The monoisotopic (exact) mass is 405 g/mol. The Balaban J connectivity index is 1.35. The number of carbonyl (C=O) groups is 1. The third-order valence-electron chi connectivity index (χ3n) is 6.44. The highest BCUT2D eigenvalue weighted by molar-refractivity contribution is 7.90. The lowest BCUT2D eigenvalue weighted by Gasteiger charge is -2.22. The number of rotatable bonds is 6. The van der Waals surface area contributed by atoms with Crippen molar-refractivity contribution in [1.29, 1.82) is 0 Å². The van der Waals surface area contributed by atoms with Crippen molar-refractivity contribution in [1.82, 2.24) is 10.0 Å². The number of anilines is 1. The fraction of sp³-hybridized carbons (Fsp3) is 0.667. The number of amides is 2. The minimum Gasteiger partial charge on any atom is -0.317 e. The number of piperidine rings is 1. The molecule has 2 aliphatic carbocycles. The minimum atomic E-state index is -3.61. The van der Waals surface area contributed by atoms with Crippen LogP contribution in [0.1, 0.15) is 60.8 Å². The highest BCUT2D eigenvalue weighted by atomic mass is 32.2. The maximum absolute atomic E-state index is 12.5. The lowest BCUT2D eigenvalue weighted by Crippen LogP contribution is -2.36. The van der Waals surface area contributed by atoms with Crippen LogP contribution >= 0.6 is 0 Å².